The highest BCUT2D eigenvalue weighted by atomic mass is 16.5. The molecule has 0 radical (unpaired) electrons. The quantitative estimate of drug-likeness (QED) is 0.865. The number of methoxy groups -OCH3 is 1. The van der Waals surface area contributed by atoms with Crippen LogP contribution in [0.3, 0.4) is 0 Å². The minimum Gasteiger partial charge on any atom is -0.496 e. The van der Waals surface area contributed by atoms with Gasteiger partial charge in [-0.05, 0) is 25.5 Å². The maximum Gasteiger partial charge on any atom is 0.225 e. The zero-order chi connectivity index (χ0) is 16.9. The maximum absolute atomic E-state index is 12.7. The third-order valence-electron chi connectivity index (χ3n) is 4.21. The van der Waals surface area contributed by atoms with Gasteiger partial charge in [0, 0.05) is 19.0 Å². The van der Waals surface area contributed by atoms with Crippen molar-refractivity contribution >= 4 is 5.91 Å². The first-order chi connectivity index (χ1) is 11.7. The number of amides is 1. The summed E-state index contributed by atoms with van der Waals surface area (Å²) < 4.78 is 10.5. The van der Waals surface area contributed by atoms with Gasteiger partial charge in [-0.15, -0.1) is 0 Å². The van der Waals surface area contributed by atoms with Gasteiger partial charge in [-0.25, -0.2) is 0 Å². The SMILES string of the molecule is COc1ccccc1[C@H](NC(=O)[C@H]1CCCNC1)c1noc(C)n1. The van der Waals surface area contributed by atoms with Gasteiger partial charge < -0.3 is 19.9 Å². The molecule has 1 aliphatic heterocycles. The maximum atomic E-state index is 12.7. The van der Waals surface area contributed by atoms with Crippen molar-refractivity contribution in [2.24, 2.45) is 5.92 Å². The lowest BCUT2D eigenvalue weighted by Gasteiger charge is -2.25. The van der Waals surface area contributed by atoms with E-state index in [4.69, 9.17) is 9.26 Å². The molecule has 0 bridgehead atoms. The molecule has 3 rings (SSSR count). The molecule has 7 nitrogen and oxygen atoms in total. The average molecular weight is 330 g/mol. The van der Waals surface area contributed by atoms with Gasteiger partial charge in [0.25, 0.3) is 0 Å². The molecule has 0 unspecified atom stereocenters. The molecule has 1 amide bonds. The molecule has 2 N–H and O–H groups in total. The number of benzene rings is 1. The highest BCUT2D eigenvalue weighted by molar-refractivity contribution is 5.80. The number of para-hydroxylation sites is 1. The van der Waals surface area contributed by atoms with E-state index in [-0.39, 0.29) is 11.8 Å². The van der Waals surface area contributed by atoms with Crippen LogP contribution >= 0.6 is 0 Å². The standard InChI is InChI=1S/C17H22N4O3/c1-11-19-16(21-24-11)15(13-7-3-4-8-14(13)23-2)20-17(22)12-6-5-9-18-10-12/h3-4,7-8,12,15,18H,5-6,9-10H2,1-2H3,(H,20,22)/t12-,15-/m0/s1. The smallest absolute Gasteiger partial charge is 0.225 e. The number of aryl methyl sites for hydroxylation is 1. The Bertz CT molecular complexity index is 695. The number of nitrogens with one attached hydrogen (secondary N) is 2. The largest absolute Gasteiger partial charge is 0.496 e. The van der Waals surface area contributed by atoms with Gasteiger partial charge in [-0.2, -0.15) is 4.98 Å². The van der Waals surface area contributed by atoms with E-state index < -0.39 is 6.04 Å². The molecule has 1 aliphatic rings. The van der Waals surface area contributed by atoms with Crippen LogP contribution in [0.15, 0.2) is 28.8 Å². The van der Waals surface area contributed by atoms with E-state index in [1.807, 2.05) is 24.3 Å². The summed E-state index contributed by atoms with van der Waals surface area (Å²) >= 11 is 0. The predicted molar refractivity (Wildman–Crippen MR) is 87.6 cm³/mol. The van der Waals surface area contributed by atoms with E-state index in [0.717, 1.165) is 24.9 Å². The molecule has 0 saturated carbocycles. The van der Waals surface area contributed by atoms with Crippen LogP contribution in [-0.2, 0) is 4.79 Å². The molecule has 128 valence electrons. The van der Waals surface area contributed by atoms with Gasteiger partial charge in [0.1, 0.15) is 11.8 Å². The lowest BCUT2D eigenvalue weighted by Crippen LogP contribution is -2.42. The minimum absolute atomic E-state index is 0.0134. The average Bonchev–Trinajstić information content (AvgIpc) is 3.06. The molecule has 2 heterocycles. The number of piperidine rings is 1. The fraction of sp³-hybridized carbons (Fsp3) is 0.471. The van der Waals surface area contributed by atoms with Crippen molar-refractivity contribution in [1.29, 1.82) is 0 Å². The van der Waals surface area contributed by atoms with Crippen molar-refractivity contribution < 1.29 is 14.1 Å². The van der Waals surface area contributed by atoms with Crippen LogP contribution in [0.5, 0.6) is 5.75 Å². The summed E-state index contributed by atoms with van der Waals surface area (Å²) in [6.45, 7) is 3.38. The lowest BCUT2D eigenvalue weighted by molar-refractivity contribution is -0.126. The summed E-state index contributed by atoms with van der Waals surface area (Å²) in [5.41, 5.74) is 0.804. The molecule has 0 spiro atoms. The third kappa shape index (κ3) is 3.56. The second-order valence-corrected chi connectivity index (χ2v) is 5.90. The number of rotatable bonds is 5. The van der Waals surface area contributed by atoms with Crippen molar-refractivity contribution in [2.45, 2.75) is 25.8 Å². The van der Waals surface area contributed by atoms with Gasteiger partial charge in [0.15, 0.2) is 5.82 Å². The summed E-state index contributed by atoms with van der Waals surface area (Å²) in [4.78, 5) is 17.0. The number of ether oxygens (including phenoxy) is 1. The number of carbonyl (C=O) groups is 1. The van der Waals surface area contributed by atoms with E-state index in [2.05, 4.69) is 20.8 Å². The summed E-state index contributed by atoms with van der Waals surface area (Å²) in [7, 11) is 1.60. The van der Waals surface area contributed by atoms with Gasteiger partial charge in [0.2, 0.25) is 11.8 Å². The van der Waals surface area contributed by atoms with Gasteiger partial charge in [0.05, 0.1) is 13.0 Å². The van der Waals surface area contributed by atoms with E-state index in [1.165, 1.54) is 0 Å². The van der Waals surface area contributed by atoms with Gasteiger partial charge in [-0.1, -0.05) is 23.4 Å². The van der Waals surface area contributed by atoms with Gasteiger partial charge in [-0.3, -0.25) is 4.79 Å². The minimum atomic E-state index is -0.506. The first-order valence-electron chi connectivity index (χ1n) is 8.13. The molecule has 1 fully saturated rings. The molecule has 1 saturated heterocycles. The number of carbonyl (C=O) groups excluding carboxylic acids is 1. The Morgan fingerprint density at radius 2 is 2.29 bits per heavy atom. The number of aromatic nitrogens is 2. The zero-order valence-electron chi connectivity index (χ0n) is 13.9. The number of nitrogens with zero attached hydrogens (tertiary/aromatic N) is 2. The molecule has 2 atom stereocenters. The Labute approximate surface area is 140 Å². The fourth-order valence-electron chi connectivity index (χ4n) is 2.95. The van der Waals surface area contributed by atoms with Crippen molar-refractivity contribution in [3.05, 3.63) is 41.5 Å². The van der Waals surface area contributed by atoms with Crippen molar-refractivity contribution in [2.75, 3.05) is 20.2 Å². The second kappa shape index (κ2) is 7.44. The Morgan fingerprint density at radius 1 is 1.46 bits per heavy atom. The Kier molecular flexibility index (Phi) is 5.10. The van der Waals surface area contributed by atoms with Crippen LogP contribution in [0.2, 0.25) is 0 Å². The van der Waals surface area contributed by atoms with Crippen molar-refractivity contribution in [1.82, 2.24) is 20.8 Å². The molecule has 24 heavy (non-hydrogen) atoms. The monoisotopic (exact) mass is 330 g/mol. The highest BCUT2D eigenvalue weighted by Gasteiger charge is 2.28. The summed E-state index contributed by atoms with van der Waals surface area (Å²) in [6.07, 6.45) is 1.88. The Hall–Kier alpha value is -2.41. The molecule has 7 heteroatoms. The molecular weight excluding hydrogens is 308 g/mol. The first-order valence-corrected chi connectivity index (χ1v) is 8.13. The summed E-state index contributed by atoms with van der Waals surface area (Å²) in [5.74, 6) is 1.49. The van der Waals surface area contributed by atoms with Crippen LogP contribution < -0.4 is 15.4 Å². The van der Waals surface area contributed by atoms with Crippen LogP contribution in [0.1, 0.15) is 36.2 Å². The van der Waals surface area contributed by atoms with Crippen LogP contribution in [0, 0.1) is 12.8 Å². The normalized spacial score (nSPS) is 18.8. The van der Waals surface area contributed by atoms with E-state index in [1.54, 1.807) is 14.0 Å². The first kappa shape index (κ1) is 16.4. The predicted octanol–water partition coefficient (Wildman–Crippen LogP) is 1.59. The van der Waals surface area contributed by atoms with Crippen molar-refractivity contribution in [3.8, 4) is 5.75 Å². The second-order valence-electron chi connectivity index (χ2n) is 5.90. The Morgan fingerprint density at radius 3 is 2.96 bits per heavy atom. The van der Waals surface area contributed by atoms with E-state index >= 15 is 0 Å². The number of hydrogen-bond donors (Lipinski definition) is 2. The summed E-state index contributed by atoms with van der Waals surface area (Å²) in [5, 5.41) is 10.3. The highest BCUT2D eigenvalue weighted by Crippen LogP contribution is 2.29. The van der Waals surface area contributed by atoms with Crippen LogP contribution in [-0.4, -0.2) is 36.2 Å². The molecule has 1 aromatic heterocycles. The van der Waals surface area contributed by atoms with E-state index in [9.17, 15) is 4.79 Å². The molecule has 0 aliphatic carbocycles. The van der Waals surface area contributed by atoms with Crippen LogP contribution in [0.4, 0.5) is 0 Å². The van der Waals surface area contributed by atoms with Crippen molar-refractivity contribution in [3.63, 3.8) is 0 Å². The molecule has 1 aromatic carbocycles. The topological polar surface area (TPSA) is 89.3 Å². The third-order valence-corrected chi connectivity index (χ3v) is 4.21. The van der Waals surface area contributed by atoms with Crippen LogP contribution in [0.25, 0.3) is 0 Å². The fourth-order valence-corrected chi connectivity index (χ4v) is 2.95. The Balaban J connectivity index is 1.89. The van der Waals surface area contributed by atoms with E-state index in [0.29, 0.717) is 24.0 Å². The summed E-state index contributed by atoms with van der Waals surface area (Å²) in [6, 6.07) is 7.02. The van der Waals surface area contributed by atoms with Gasteiger partial charge >= 0.3 is 0 Å². The molecular formula is C17H22N4O3. The molecule has 2 aromatic rings. The zero-order valence-corrected chi connectivity index (χ0v) is 13.9. The lowest BCUT2D eigenvalue weighted by atomic mass is 9.97. The number of hydrogen-bond acceptors (Lipinski definition) is 6.